The standard InChI is InChI=1S/C18H27N3O2/c22-17(5-4-16-6-9-19-10-7-16)21-13-3-8-18(23,15-21)14-20-11-1-2-12-20/h6-7,9-10,23H,1-5,8,11-15H2. The molecule has 2 saturated heterocycles. The molecule has 3 heterocycles. The maximum absolute atomic E-state index is 12.5. The molecule has 126 valence electrons. The number of piperidine rings is 1. The molecule has 1 aromatic heterocycles. The van der Waals surface area contributed by atoms with Crippen molar-refractivity contribution in [3.05, 3.63) is 30.1 Å². The smallest absolute Gasteiger partial charge is 0.223 e. The average Bonchev–Trinajstić information content (AvgIpc) is 3.06. The first-order valence-electron chi connectivity index (χ1n) is 8.76. The molecule has 1 amide bonds. The van der Waals surface area contributed by atoms with Crippen LogP contribution in [0.3, 0.4) is 0 Å². The lowest BCUT2D eigenvalue weighted by atomic mass is 9.92. The van der Waals surface area contributed by atoms with Crippen molar-refractivity contribution in [3.8, 4) is 0 Å². The molecule has 0 spiro atoms. The summed E-state index contributed by atoms with van der Waals surface area (Å²) in [5, 5.41) is 10.9. The van der Waals surface area contributed by atoms with Crippen molar-refractivity contribution in [2.24, 2.45) is 0 Å². The van der Waals surface area contributed by atoms with E-state index >= 15 is 0 Å². The van der Waals surface area contributed by atoms with Gasteiger partial charge in [-0.1, -0.05) is 0 Å². The van der Waals surface area contributed by atoms with Gasteiger partial charge in [0.15, 0.2) is 0 Å². The Labute approximate surface area is 138 Å². The lowest BCUT2D eigenvalue weighted by molar-refractivity contribution is -0.139. The van der Waals surface area contributed by atoms with E-state index in [2.05, 4.69) is 9.88 Å². The Bertz CT molecular complexity index is 516. The number of likely N-dealkylation sites (tertiary alicyclic amines) is 2. The van der Waals surface area contributed by atoms with Crippen LogP contribution in [0.25, 0.3) is 0 Å². The highest BCUT2D eigenvalue weighted by Gasteiger charge is 2.36. The van der Waals surface area contributed by atoms with Crippen LogP contribution in [0.1, 0.15) is 37.7 Å². The minimum Gasteiger partial charge on any atom is -0.387 e. The SMILES string of the molecule is O=C(CCc1ccncc1)N1CCCC(O)(CN2CCCC2)C1. The number of nitrogens with zero attached hydrogens (tertiary/aromatic N) is 3. The molecule has 0 aliphatic carbocycles. The van der Waals surface area contributed by atoms with Gasteiger partial charge < -0.3 is 14.9 Å². The van der Waals surface area contributed by atoms with Crippen LogP contribution in [0.2, 0.25) is 0 Å². The minimum atomic E-state index is -0.727. The maximum atomic E-state index is 12.5. The molecule has 2 aliphatic rings. The van der Waals surface area contributed by atoms with Crippen molar-refractivity contribution in [2.45, 2.75) is 44.1 Å². The van der Waals surface area contributed by atoms with Gasteiger partial charge in [0.25, 0.3) is 0 Å². The second-order valence-electron chi connectivity index (χ2n) is 6.98. The summed E-state index contributed by atoms with van der Waals surface area (Å²) in [4.78, 5) is 20.7. The molecule has 3 rings (SSSR count). The summed E-state index contributed by atoms with van der Waals surface area (Å²) in [5.74, 6) is 0.154. The third-order valence-electron chi connectivity index (χ3n) is 5.00. The number of aromatic nitrogens is 1. The number of carbonyl (C=O) groups is 1. The van der Waals surface area contributed by atoms with Gasteiger partial charge in [-0.05, 0) is 62.9 Å². The molecule has 1 atom stereocenters. The molecule has 2 aliphatic heterocycles. The second-order valence-corrected chi connectivity index (χ2v) is 6.98. The van der Waals surface area contributed by atoms with Crippen molar-refractivity contribution >= 4 is 5.91 Å². The number of hydrogen-bond acceptors (Lipinski definition) is 4. The van der Waals surface area contributed by atoms with Crippen molar-refractivity contribution < 1.29 is 9.90 Å². The van der Waals surface area contributed by atoms with Gasteiger partial charge in [0.05, 0.1) is 12.1 Å². The summed E-state index contributed by atoms with van der Waals surface area (Å²) in [6.45, 7) is 4.13. The topological polar surface area (TPSA) is 56.7 Å². The average molecular weight is 317 g/mol. The van der Waals surface area contributed by atoms with E-state index in [0.717, 1.165) is 44.5 Å². The molecular formula is C18H27N3O2. The molecule has 0 saturated carbocycles. The largest absolute Gasteiger partial charge is 0.387 e. The molecule has 1 unspecified atom stereocenters. The van der Waals surface area contributed by atoms with Gasteiger partial charge in [-0.25, -0.2) is 0 Å². The van der Waals surface area contributed by atoms with E-state index in [0.29, 0.717) is 19.5 Å². The summed E-state index contributed by atoms with van der Waals surface area (Å²) in [6.07, 6.45) is 8.91. The molecule has 5 heteroatoms. The Balaban J connectivity index is 1.51. The van der Waals surface area contributed by atoms with Gasteiger partial charge >= 0.3 is 0 Å². The highest BCUT2D eigenvalue weighted by atomic mass is 16.3. The summed E-state index contributed by atoms with van der Waals surface area (Å²) < 4.78 is 0. The van der Waals surface area contributed by atoms with Gasteiger partial charge in [0.1, 0.15) is 0 Å². The molecular weight excluding hydrogens is 290 g/mol. The Morgan fingerprint density at radius 3 is 2.65 bits per heavy atom. The molecule has 23 heavy (non-hydrogen) atoms. The number of aliphatic hydroxyl groups is 1. The third-order valence-corrected chi connectivity index (χ3v) is 5.00. The number of pyridine rings is 1. The van der Waals surface area contributed by atoms with Crippen molar-refractivity contribution in [3.63, 3.8) is 0 Å². The van der Waals surface area contributed by atoms with E-state index in [1.165, 1.54) is 12.8 Å². The van der Waals surface area contributed by atoms with Crippen LogP contribution in [0.5, 0.6) is 0 Å². The van der Waals surface area contributed by atoms with Crippen LogP contribution in [0.4, 0.5) is 0 Å². The third kappa shape index (κ3) is 4.52. The Hall–Kier alpha value is -1.46. The van der Waals surface area contributed by atoms with Crippen LogP contribution in [0.15, 0.2) is 24.5 Å². The van der Waals surface area contributed by atoms with Gasteiger partial charge in [0, 0.05) is 31.9 Å². The fourth-order valence-corrected chi connectivity index (χ4v) is 3.77. The van der Waals surface area contributed by atoms with E-state index in [4.69, 9.17) is 0 Å². The predicted molar refractivity (Wildman–Crippen MR) is 89.0 cm³/mol. The fourth-order valence-electron chi connectivity index (χ4n) is 3.77. The predicted octanol–water partition coefficient (Wildman–Crippen LogP) is 1.46. The van der Waals surface area contributed by atoms with Gasteiger partial charge in [-0.3, -0.25) is 9.78 Å². The van der Waals surface area contributed by atoms with Crippen molar-refractivity contribution in [1.29, 1.82) is 0 Å². The highest BCUT2D eigenvalue weighted by molar-refractivity contribution is 5.76. The van der Waals surface area contributed by atoms with E-state index in [-0.39, 0.29) is 5.91 Å². The number of hydrogen-bond donors (Lipinski definition) is 1. The molecule has 0 bridgehead atoms. The van der Waals surface area contributed by atoms with Crippen LogP contribution in [-0.2, 0) is 11.2 Å². The maximum Gasteiger partial charge on any atom is 0.223 e. The van der Waals surface area contributed by atoms with Crippen LogP contribution in [0, 0.1) is 0 Å². The van der Waals surface area contributed by atoms with Crippen molar-refractivity contribution in [2.75, 3.05) is 32.7 Å². The monoisotopic (exact) mass is 317 g/mol. The van der Waals surface area contributed by atoms with E-state index in [9.17, 15) is 9.90 Å². The van der Waals surface area contributed by atoms with Gasteiger partial charge in [-0.15, -0.1) is 0 Å². The van der Waals surface area contributed by atoms with Crippen molar-refractivity contribution in [1.82, 2.24) is 14.8 Å². The Kier molecular flexibility index (Phi) is 5.28. The van der Waals surface area contributed by atoms with Crippen LogP contribution >= 0.6 is 0 Å². The van der Waals surface area contributed by atoms with E-state index < -0.39 is 5.60 Å². The fraction of sp³-hybridized carbons (Fsp3) is 0.667. The molecule has 0 aromatic carbocycles. The van der Waals surface area contributed by atoms with E-state index in [1.807, 2.05) is 17.0 Å². The summed E-state index contributed by atoms with van der Waals surface area (Å²) in [7, 11) is 0. The lowest BCUT2D eigenvalue weighted by Crippen LogP contribution is -2.55. The number of carbonyl (C=O) groups excluding carboxylic acids is 1. The highest BCUT2D eigenvalue weighted by Crippen LogP contribution is 2.24. The Morgan fingerprint density at radius 1 is 1.17 bits per heavy atom. The lowest BCUT2D eigenvalue weighted by Gasteiger charge is -2.41. The molecule has 0 radical (unpaired) electrons. The number of rotatable bonds is 5. The molecule has 2 fully saturated rings. The summed E-state index contributed by atoms with van der Waals surface area (Å²) in [5.41, 5.74) is 0.409. The number of β-amino-alcohol motifs (C(OH)–C–C–N with tert-alkyl or cyclic N) is 1. The van der Waals surface area contributed by atoms with E-state index in [1.54, 1.807) is 12.4 Å². The second kappa shape index (κ2) is 7.41. The Morgan fingerprint density at radius 2 is 1.91 bits per heavy atom. The van der Waals surface area contributed by atoms with Gasteiger partial charge in [0.2, 0.25) is 5.91 Å². The zero-order valence-corrected chi connectivity index (χ0v) is 13.8. The molecule has 1 N–H and O–H groups in total. The first-order valence-corrected chi connectivity index (χ1v) is 8.76. The minimum absolute atomic E-state index is 0.154. The molecule has 5 nitrogen and oxygen atoms in total. The summed E-state index contributed by atoms with van der Waals surface area (Å²) >= 11 is 0. The number of aryl methyl sites for hydroxylation is 1. The quantitative estimate of drug-likeness (QED) is 0.893. The number of amides is 1. The van der Waals surface area contributed by atoms with Crippen LogP contribution < -0.4 is 0 Å². The first kappa shape index (κ1) is 16.4. The summed E-state index contributed by atoms with van der Waals surface area (Å²) in [6, 6.07) is 3.90. The zero-order valence-electron chi connectivity index (χ0n) is 13.8. The van der Waals surface area contributed by atoms with Crippen LogP contribution in [-0.4, -0.2) is 64.1 Å². The normalized spacial score (nSPS) is 25.7. The molecule has 1 aromatic rings. The first-order chi connectivity index (χ1) is 11.1. The zero-order chi connectivity index (χ0) is 16.1. The van der Waals surface area contributed by atoms with Gasteiger partial charge in [-0.2, -0.15) is 0 Å².